The standard InChI is InChI=1S/C10H21NO/c1-3-4-10(12)8-11(2)7-9-5-6-9/h9-10,12H,3-8H2,1-2H3. The van der Waals surface area contributed by atoms with Gasteiger partial charge in [0, 0.05) is 13.1 Å². The van der Waals surface area contributed by atoms with Crippen molar-refractivity contribution in [3.63, 3.8) is 0 Å². The predicted molar refractivity (Wildman–Crippen MR) is 51.1 cm³/mol. The van der Waals surface area contributed by atoms with Gasteiger partial charge in [-0.1, -0.05) is 13.3 Å². The van der Waals surface area contributed by atoms with Gasteiger partial charge in [0.05, 0.1) is 6.10 Å². The molecular weight excluding hydrogens is 150 g/mol. The van der Waals surface area contributed by atoms with Crippen LogP contribution in [0.25, 0.3) is 0 Å². The molecule has 0 aromatic heterocycles. The Hall–Kier alpha value is -0.0800. The zero-order chi connectivity index (χ0) is 8.97. The highest BCUT2D eigenvalue weighted by Gasteiger charge is 2.23. The van der Waals surface area contributed by atoms with E-state index in [-0.39, 0.29) is 6.10 Å². The van der Waals surface area contributed by atoms with Crippen molar-refractivity contribution in [1.29, 1.82) is 0 Å². The molecule has 2 nitrogen and oxygen atoms in total. The van der Waals surface area contributed by atoms with Crippen LogP contribution in [0, 0.1) is 5.92 Å². The first kappa shape index (κ1) is 10.0. The van der Waals surface area contributed by atoms with Crippen LogP contribution in [0.5, 0.6) is 0 Å². The van der Waals surface area contributed by atoms with E-state index in [4.69, 9.17) is 0 Å². The molecule has 2 heteroatoms. The van der Waals surface area contributed by atoms with Crippen LogP contribution in [0.4, 0.5) is 0 Å². The van der Waals surface area contributed by atoms with E-state index < -0.39 is 0 Å². The van der Waals surface area contributed by atoms with Crippen LogP contribution in [0.2, 0.25) is 0 Å². The summed E-state index contributed by atoms with van der Waals surface area (Å²) in [6.07, 6.45) is 4.70. The molecule has 1 saturated carbocycles. The fraction of sp³-hybridized carbons (Fsp3) is 1.00. The highest BCUT2D eigenvalue weighted by Crippen LogP contribution is 2.29. The van der Waals surface area contributed by atoms with Crippen LogP contribution in [-0.4, -0.2) is 36.2 Å². The molecule has 1 fully saturated rings. The Morgan fingerprint density at radius 1 is 1.50 bits per heavy atom. The number of hydrogen-bond acceptors (Lipinski definition) is 2. The van der Waals surface area contributed by atoms with Gasteiger partial charge in [0.1, 0.15) is 0 Å². The van der Waals surface area contributed by atoms with Crippen LogP contribution in [0.1, 0.15) is 32.6 Å². The van der Waals surface area contributed by atoms with E-state index in [1.54, 1.807) is 0 Å². The number of nitrogens with zero attached hydrogens (tertiary/aromatic N) is 1. The van der Waals surface area contributed by atoms with Crippen molar-refractivity contribution < 1.29 is 5.11 Å². The van der Waals surface area contributed by atoms with Gasteiger partial charge in [-0.2, -0.15) is 0 Å². The molecule has 12 heavy (non-hydrogen) atoms. The maximum Gasteiger partial charge on any atom is 0.0666 e. The number of hydrogen-bond donors (Lipinski definition) is 1. The van der Waals surface area contributed by atoms with E-state index in [9.17, 15) is 5.11 Å². The van der Waals surface area contributed by atoms with Crippen molar-refractivity contribution in [2.24, 2.45) is 5.92 Å². The predicted octanol–water partition coefficient (Wildman–Crippen LogP) is 1.49. The lowest BCUT2D eigenvalue weighted by Gasteiger charge is -2.19. The molecule has 1 N–H and O–H groups in total. The second-order valence-electron chi connectivity index (χ2n) is 4.11. The number of likely N-dealkylation sites (N-methyl/N-ethyl adjacent to an activating group) is 1. The number of aliphatic hydroxyl groups is 1. The third kappa shape index (κ3) is 4.07. The van der Waals surface area contributed by atoms with Crippen molar-refractivity contribution in [3.05, 3.63) is 0 Å². The fourth-order valence-corrected chi connectivity index (χ4v) is 1.60. The van der Waals surface area contributed by atoms with Gasteiger partial charge in [0.2, 0.25) is 0 Å². The monoisotopic (exact) mass is 171 g/mol. The van der Waals surface area contributed by atoms with E-state index in [0.29, 0.717) is 0 Å². The Morgan fingerprint density at radius 2 is 2.17 bits per heavy atom. The average Bonchev–Trinajstić information content (AvgIpc) is 2.71. The van der Waals surface area contributed by atoms with Gasteiger partial charge in [-0.15, -0.1) is 0 Å². The molecule has 0 radical (unpaired) electrons. The van der Waals surface area contributed by atoms with Crippen molar-refractivity contribution >= 4 is 0 Å². The SMILES string of the molecule is CCCC(O)CN(C)CC1CC1. The Morgan fingerprint density at radius 3 is 2.67 bits per heavy atom. The Labute approximate surface area is 75.6 Å². The van der Waals surface area contributed by atoms with E-state index in [2.05, 4.69) is 18.9 Å². The van der Waals surface area contributed by atoms with Gasteiger partial charge in [0.15, 0.2) is 0 Å². The number of aliphatic hydroxyl groups excluding tert-OH is 1. The zero-order valence-electron chi connectivity index (χ0n) is 8.29. The van der Waals surface area contributed by atoms with Crippen molar-refractivity contribution in [1.82, 2.24) is 4.90 Å². The van der Waals surface area contributed by atoms with Gasteiger partial charge in [0.25, 0.3) is 0 Å². The molecule has 0 aromatic rings. The summed E-state index contributed by atoms with van der Waals surface area (Å²) < 4.78 is 0. The van der Waals surface area contributed by atoms with Gasteiger partial charge in [-0.25, -0.2) is 0 Å². The quantitative estimate of drug-likeness (QED) is 0.654. The zero-order valence-corrected chi connectivity index (χ0v) is 8.29. The van der Waals surface area contributed by atoms with Crippen molar-refractivity contribution in [2.75, 3.05) is 20.1 Å². The molecule has 0 aromatic carbocycles. The summed E-state index contributed by atoms with van der Waals surface area (Å²) in [6, 6.07) is 0. The van der Waals surface area contributed by atoms with E-state index in [1.165, 1.54) is 19.4 Å². The second-order valence-corrected chi connectivity index (χ2v) is 4.11. The molecule has 0 amide bonds. The molecule has 0 spiro atoms. The third-order valence-electron chi connectivity index (χ3n) is 2.41. The van der Waals surface area contributed by atoms with Gasteiger partial charge in [-0.3, -0.25) is 0 Å². The van der Waals surface area contributed by atoms with Gasteiger partial charge in [-0.05, 0) is 32.2 Å². The van der Waals surface area contributed by atoms with Crippen LogP contribution >= 0.6 is 0 Å². The van der Waals surface area contributed by atoms with Gasteiger partial charge >= 0.3 is 0 Å². The fourth-order valence-electron chi connectivity index (χ4n) is 1.60. The Balaban J connectivity index is 2.02. The van der Waals surface area contributed by atoms with Crippen LogP contribution in [-0.2, 0) is 0 Å². The Bertz CT molecular complexity index is 123. The first-order valence-corrected chi connectivity index (χ1v) is 5.09. The molecule has 72 valence electrons. The first-order chi connectivity index (χ1) is 5.72. The molecule has 1 unspecified atom stereocenters. The second kappa shape index (κ2) is 4.83. The van der Waals surface area contributed by atoms with E-state index in [1.807, 2.05) is 0 Å². The van der Waals surface area contributed by atoms with Crippen molar-refractivity contribution in [3.8, 4) is 0 Å². The topological polar surface area (TPSA) is 23.5 Å². The largest absolute Gasteiger partial charge is 0.392 e. The minimum Gasteiger partial charge on any atom is -0.392 e. The van der Waals surface area contributed by atoms with Crippen LogP contribution in [0.3, 0.4) is 0 Å². The molecule has 0 saturated heterocycles. The molecule has 1 aliphatic carbocycles. The lowest BCUT2D eigenvalue weighted by Crippen LogP contribution is -2.30. The minimum atomic E-state index is -0.112. The molecule has 0 heterocycles. The summed E-state index contributed by atoms with van der Waals surface area (Å²) in [5.41, 5.74) is 0. The molecule has 1 rings (SSSR count). The maximum absolute atomic E-state index is 9.51. The lowest BCUT2D eigenvalue weighted by atomic mass is 10.2. The third-order valence-corrected chi connectivity index (χ3v) is 2.41. The van der Waals surface area contributed by atoms with E-state index >= 15 is 0 Å². The first-order valence-electron chi connectivity index (χ1n) is 5.09. The van der Waals surface area contributed by atoms with E-state index in [0.717, 1.165) is 25.3 Å². The summed E-state index contributed by atoms with van der Waals surface area (Å²) in [5, 5.41) is 9.51. The summed E-state index contributed by atoms with van der Waals surface area (Å²) in [6.45, 7) is 4.15. The summed E-state index contributed by atoms with van der Waals surface area (Å²) in [5.74, 6) is 0.934. The number of rotatable bonds is 6. The highest BCUT2D eigenvalue weighted by molar-refractivity contribution is 4.76. The summed E-state index contributed by atoms with van der Waals surface area (Å²) in [4.78, 5) is 2.26. The lowest BCUT2D eigenvalue weighted by molar-refractivity contribution is 0.115. The summed E-state index contributed by atoms with van der Waals surface area (Å²) >= 11 is 0. The molecular formula is C10H21NO. The van der Waals surface area contributed by atoms with Gasteiger partial charge < -0.3 is 10.0 Å². The molecule has 0 bridgehead atoms. The average molecular weight is 171 g/mol. The molecule has 1 aliphatic rings. The smallest absolute Gasteiger partial charge is 0.0666 e. The highest BCUT2D eigenvalue weighted by atomic mass is 16.3. The molecule has 0 aliphatic heterocycles. The molecule has 1 atom stereocenters. The minimum absolute atomic E-state index is 0.112. The van der Waals surface area contributed by atoms with Crippen molar-refractivity contribution in [2.45, 2.75) is 38.7 Å². The van der Waals surface area contributed by atoms with Crippen LogP contribution in [0.15, 0.2) is 0 Å². The van der Waals surface area contributed by atoms with Crippen LogP contribution < -0.4 is 0 Å². The summed E-state index contributed by atoms with van der Waals surface area (Å²) in [7, 11) is 2.11. The normalized spacial score (nSPS) is 20.0. The Kier molecular flexibility index (Phi) is 4.02. The maximum atomic E-state index is 9.51.